The van der Waals surface area contributed by atoms with Crippen LogP contribution in [0.4, 0.5) is 0 Å². The van der Waals surface area contributed by atoms with Crippen LogP contribution in [0, 0.1) is 5.92 Å². The molecule has 2 rings (SSSR count). The second-order valence-electron chi connectivity index (χ2n) is 10.5. The molecule has 2 nitrogen and oxygen atoms in total. The highest BCUT2D eigenvalue weighted by Crippen LogP contribution is 2.22. The van der Waals surface area contributed by atoms with Gasteiger partial charge in [0.25, 0.3) is 0 Å². The molecule has 0 aromatic rings. The topological polar surface area (TPSA) is 26.3 Å². The Hall–Kier alpha value is -0.370. The number of Topliss-reactive ketones (excluding diaryl/α,β-unsaturated/α-hetero) is 1. The van der Waals surface area contributed by atoms with Gasteiger partial charge < -0.3 is 4.74 Å². The van der Waals surface area contributed by atoms with E-state index in [0.717, 1.165) is 31.6 Å². The van der Waals surface area contributed by atoms with Crippen LogP contribution >= 0.6 is 0 Å². The molecular weight excluding hydrogens is 380 g/mol. The van der Waals surface area contributed by atoms with E-state index in [9.17, 15) is 4.79 Å². The Kier molecular flexibility index (Phi) is 19.9. The van der Waals surface area contributed by atoms with Crippen molar-refractivity contribution >= 4 is 5.78 Å². The Bertz CT molecular complexity index is 374. The van der Waals surface area contributed by atoms with E-state index in [1.165, 1.54) is 128 Å². The van der Waals surface area contributed by atoms with Gasteiger partial charge in [-0.3, -0.25) is 4.79 Å². The lowest BCUT2D eigenvalue weighted by molar-refractivity contribution is -0.119. The first kappa shape index (κ1) is 28.7. The zero-order chi connectivity index (χ0) is 22.4. The van der Waals surface area contributed by atoms with E-state index in [2.05, 4.69) is 6.92 Å². The molecule has 0 N–H and O–H groups in total. The van der Waals surface area contributed by atoms with Gasteiger partial charge in [0.1, 0.15) is 5.78 Å². The monoisotopic (exact) mass is 436 g/mol. The zero-order valence-corrected chi connectivity index (χ0v) is 21.4. The fourth-order valence-electron chi connectivity index (χ4n) is 5.18. The van der Waals surface area contributed by atoms with E-state index >= 15 is 0 Å². The first-order valence-electron chi connectivity index (χ1n) is 14.3. The lowest BCUT2D eigenvalue weighted by atomic mass is 9.93. The predicted octanol–water partition coefficient (Wildman–Crippen LogP) is 9.58. The van der Waals surface area contributed by atoms with E-state index in [0.29, 0.717) is 11.9 Å². The molecule has 2 fully saturated rings. The van der Waals surface area contributed by atoms with Gasteiger partial charge in [-0.05, 0) is 31.6 Å². The van der Waals surface area contributed by atoms with Gasteiger partial charge in [-0.15, -0.1) is 0 Å². The van der Waals surface area contributed by atoms with E-state index in [4.69, 9.17) is 4.74 Å². The average Bonchev–Trinajstić information content (AvgIpc) is 2.77. The zero-order valence-electron chi connectivity index (χ0n) is 21.4. The van der Waals surface area contributed by atoms with Crippen molar-refractivity contribution in [2.24, 2.45) is 5.92 Å². The molecule has 2 unspecified atom stereocenters. The third-order valence-corrected chi connectivity index (χ3v) is 7.38. The number of carbonyl (C=O) groups is 1. The number of ketones is 1. The largest absolute Gasteiger partial charge is 0.381 e. The second kappa shape index (κ2) is 21.5. The summed E-state index contributed by atoms with van der Waals surface area (Å²) >= 11 is 0. The minimum Gasteiger partial charge on any atom is -0.381 e. The molecule has 31 heavy (non-hydrogen) atoms. The van der Waals surface area contributed by atoms with Gasteiger partial charge in [-0.25, -0.2) is 0 Å². The highest BCUT2D eigenvalue weighted by Gasteiger charge is 2.12. The minimum absolute atomic E-state index is 0.509. The maximum absolute atomic E-state index is 11.5. The molecule has 0 spiro atoms. The fraction of sp³-hybridized carbons (Fsp3) is 0.966. The fourth-order valence-corrected chi connectivity index (χ4v) is 5.18. The number of ether oxygens (including phenoxy) is 1. The summed E-state index contributed by atoms with van der Waals surface area (Å²) in [6.45, 7) is 2.39. The van der Waals surface area contributed by atoms with Crippen LogP contribution in [0.2, 0.25) is 0 Å². The predicted molar refractivity (Wildman–Crippen MR) is 136 cm³/mol. The molecule has 2 aliphatic carbocycles. The van der Waals surface area contributed by atoms with Gasteiger partial charge in [0.15, 0.2) is 0 Å². The Morgan fingerprint density at radius 2 is 0.903 bits per heavy atom. The minimum atomic E-state index is 0.509. The van der Waals surface area contributed by atoms with Crippen LogP contribution in [0.25, 0.3) is 0 Å². The second-order valence-corrected chi connectivity index (χ2v) is 10.5. The maximum atomic E-state index is 11.5. The summed E-state index contributed by atoms with van der Waals surface area (Å²) in [7, 11) is 1.88. The van der Waals surface area contributed by atoms with Crippen LogP contribution in [-0.4, -0.2) is 19.0 Å². The maximum Gasteiger partial charge on any atom is 0.132 e. The van der Waals surface area contributed by atoms with E-state index < -0.39 is 0 Å². The SMILES string of the molecule is COC1CCCCCCCCCC(C)C1.O=C1CCCCCCCCCCCCCC1. The lowest BCUT2D eigenvalue weighted by Gasteiger charge is -2.20. The molecule has 0 aromatic heterocycles. The smallest absolute Gasteiger partial charge is 0.132 e. The first-order valence-corrected chi connectivity index (χ1v) is 14.3. The van der Waals surface area contributed by atoms with E-state index in [1.54, 1.807) is 0 Å². The molecule has 0 aromatic carbocycles. The standard InChI is InChI=1S/C15H28O.C14H28O/c16-15-13-11-9-7-5-3-1-2-4-6-8-10-12-14-15;1-13-10-8-6-4-3-5-7-9-11-14(12-13)15-2/h1-14H2;13-14H,3-12H2,1-2H3. The van der Waals surface area contributed by atoms with Crippen molar-refractivity contribution in [2.45, 2.75) is 167 Å². The molecule has 0 saturated heterocycles. The van der Waals surface area contributed by atoms with Crippen molar-refractivity contribution in [3.63, 3.8) is 0 Å². The highest BCUT2D eigenvalue weighted by molar-refractivity contribution is 5.78. The third-order valence-electron chi connectivity index (χ3n) is 7.38. The summed E-state index contributed by atoms with van der Waals surface area (Å²) in [5.74, 6) is 1.37. The van der Waals surface area contributed by atoms with Crippen molar-refractivity contribution < 1.29 is 9.53 Å². The van der Waals surface area contributed by atoms with Crippen LogP contribution in [0.15, 0.2) is 0 Å². The Labute approximate surface area is 195 Å². The number of methoxy groups -OCH3 is 1. The normalized spacial score (nSPS) is 27.4. The molecule has 0 amide bonds. The quantitative estimate of drug-likeness (QED) is 0.409. The Morgan fingerprint density at radius 3 is 1.32 bits per heavy atom. The lowest BCUT2D eigenvalue weighted by Crippen LogP contribution is -2.15. The number of hydrogen-bond acceptors (Lipinski definition) is 2. The van der Waals surface area contributed by atoms with Crippen LogP contribution < -0.4 is 0 Å². The molecular formula is C29H56O2. The van der Waals surface area contributed by atoms with Crippen LogP contribution in [0.1, 0.15) is 161 Å². The molecule has 184 valence electrons. The average molecular weight is 437 g/mol. The summed E-state index contributed by atoms with van der Waals surface area (Å²) in [5, 5.41) is 0. The van der Waals surface area contributed by atoms with Crippen LogP contribution in [0.3, 0.4) is 0 Å². The summed E-state index contributed by atoms with van der Waals surface area (Å²) in [6, 6.07) is 0. The number of carbonyl (C=O) groups excluding carboxylic acids is 1. The van der Waals surface area contributed by atoms with Crippen LogP contribution in [-0.2, 0) is 9.53 Å². The molecule has 0 radical (unpaired) electrons. The highest BCUT2D eigenvalue weighted by atomic mass is 16.5. The van der Waals surface area contributed by atoms with Crippen molar-refractivity contribution in [3.05, 3.63) is 0 Å². The Morgan fingerprint density at radius 1 is 0.548 bits per heavy atom. The van der Waals surface area contributed by atoms with Gasteiger partial charge >= 0.3 is 0 Å². The molecule has 2 saturated carbocycles. The van der Waals surface area contributed by atoms with Crippen LogP contribution in [0.5, 0.6) is 0 Å². The molecule has 2 atom stereocenters. The van der Waals surface area contributed by atoms with Crippen molar-refractivity contribution in [1.82, 2.24) is 0 Å². The van der Waals surface area contributed by atoms with Crippen molar-refractivity contribution in [3.8, 4) is 0 Å². The summed E-state index contributed by atoms with van der Waals surface area (Å²) in [5.41, 5.74) is 0. The molecule has 0 bridgehead atoms. The summed E-state index contributed by atoms with van der Waals surface area (Å²) in [4.78, 5) is 11.5. The van der Waals surface area contributed by atoms with E-state index in [1.807, 2.05) is 7.11 Å². The summed E-state index contributed by atoms with van der Waals surface area (Å²) in [6.07, 6.45) is 32.1. The van der Waals surface area contributed by atoms with Gasteiger partial charge in [-0.2, -0.15) is 0 Å². The molecule has 0 heterocycles. The van der Waals surface area contributed by atoms with Crippen molar-refractivity contribution in [1.29, 1.82) is 0 Å². The molecule has 2 aliphatic rings. The van der Waals surface area contributed by atoms with Gasteiger partial charge in [0.05, 0.1) is 6.10 Å². The van der Waals surface area contributed by atoms with Gasteiger partial charge in [-0.1, -0.05) is 122 Å². The summed E-state index contributed by atoms with van der Waals surface area (Å²) < 4.78 is 5.57. The van der Waals surface area contributed by atoms with Crippen molar-refractivity contribution in [2.75, 3.05) is 7.11 Å². The first-order chi connectivity index (χ1) is 15.2. The Balaban J connectivity index is 0.000000311. The molecule has 2 heteroatoms. The number of hydrogen-bond donors (Lipinski definition) is 0. The number of rotatable bonds is 1. The van der Waals surface area contributed by atoms with E-state index in [-0.39, 0.29) is 0 Å². The third kappa shape index (κ3) is 18.9. The molecule has 0 aliphatic heterocycles. The van der Waals surface area contributed by atoms with Gasteiger partial charge in [0, 0.05) is 20.0 Å². The van der Waals surface area contributed by atoms with Gasteiger partial charge in [0.2, 0.25) is 0 Å².